The first kappa shape index (κ1) is 28.6. The van der Waals surface area contributed by atoms with Gasteiger partial charge in [-0.3, -0.25) is 14.4 Å². The van der Waals surface area contributed by atoms with Crippen LogP contribution in [0.4, 0.5) is 9.59 Å². The van der Waals surface area contributed by atoms with Gasteiger partial charge in [-0.1, -0.05) is 12.1 Å². The molecule has 0 radical (unpaired) electrons. The maximum atomic E-state index is 13.5. The third-order valence-corrected chi connectivity index (χ3v) is 6.15. The van der Waals surface area contributed by atoms with Gasteiger partial charge in [0.05, 0.1) is 36.4 Å². The number of methoxy groups -OCH3 is 2. The number of carbonyl (C=O) groups is 3. The molecule has 218 valence electrons. The quantitative estimate of drug-likeness (QED) is 0.160. The molecule has 0 N–H and O–H groups in total. The molecule has 43 heavy (non-hydrogen) atoms. The number of hydrogen-bond donors (Lipinski definition) is 0. The summed E-state index contributed by atoms with van der Waals surface area (Å²) in [6.07, 6.45) is -2.28. The Morgan fingerprint density at radius 2 is 1.09 bits per heavy atom. The minimum absolute atomic E-state index is 0.217. The van der Waals surface area contributed by atoms with Crippen molar-refractivity contribution < 1.29 is 42.2 Å². The number of rotatable bonds is 5. The van der Waals surface area contributed by atoms with Crippen LogP contribution in [0, 0.1) is 0 Å². The van der Waals surface area contributed by atoms with Crippen LogP contribution >= 0.6 is 11.6 Å². The second-order valence-electron chi connectivity index (χ2n) is 8.41. The molecule has 0 spiro atoms. The van der Waals surface area contributed by atoms with E-state index >= 15 is 0 Å². The van der Waals surface area contributed by atoms with Crippen LogP contribution in [0.15, 0.2) is 82.6 Å². The van der Waals surface area contributed by atoms with Crippen LogP contribution in [-0.2, 0) is 9.47 Å². The van der Waals surface area contributed by atoms with E-state index in [0.29, 0.717) is 9.13 Å². The molecule has 15 nitrogen and oxygen atoms in total. The molecule has 0 amide bonds. The van der Waals surface area contributed by atoms with Gasteiger partial charge in [0.15, 0.2) is 22.7 Å². The van der Waals surface area contributed by atoms with Crippen LogP contribution in [0.3, 0.4) is 0 Å². The monoisotopic (exact) mass is 610 g/mol. The molecule has 0 fully saturated rings. The number of fused-ring (bicyclic) bond motifs is 2. The maximum Gasteiger partial charge on any atom is 0.513 e. The first-order valence-electron chi connectivity index (χ1n) is 11.8. The fraction of sp³-hybridized carbons (Fsp3) is 0.0741. The zero-order valence-corrected chi connectivity index (χ0v) is 22.5. The zero-order valence-electron chi connectivity index (χ0n) is 21.8. The van der Waals surface area contributed by atoms with Gasteiger partial charge >= 0.3 is 23.8 Å². The lowest BCUT2D eigenvalue weighted by atomic mass is 10.1. The largest absolute Gasteiger partial charge is 0.513 e. The molecular formula is C27H15ClN2O13. The summed E-state index contributed by atoms with van der Waals surface area (Å²) in [5.74, 6) is -3.14. The summed E-state index contributed by atoms with van der Waals surface area (Å²) < 4.78 is 30.3. The van der Waals surface area contributed by atoms with Crippen LogP contribution in [0.5, 0.6) is 11.5 Å². The molecule has 5 aromatic rings. The smallest absolute Gasteiger partial charge is 0.437 e. The minimum atomic E-state index is -1.29. The molecule has 0 atom stereocenters. The van der Waals surface area contributed by atoms with Crippen molar-refractivity contribution in [1.82, 2.24) is 9.13 Å². The van der Waals surface area contributed by atoms with Gasteiger partial charge in [-0.15, -0.1) is 0 Å². The van der Waals surface area contributed by atoms with Crippen LogP contribution < -0.4 is 32.1 Å². The molecule has 0 saturated carbocycles. The fourth-order valence-corrected chi connectivity index (χ4v) is 4.20. The maximum absolute atomic E-state index is 13.5. The molecule has 5 rings (SSSR count). The highest BCUT2D eigenvalue weighted by Gasteiger charge is 2.21. The minimum Gasteiger partial charge on any atom is -0.437 e. The number of benzene rings is 3. The van der Waals surface area contributed by atoms with Gasteiger partial charge in [0.2, 0.25) is 0 Å². The Bertz CT molecular complexity index is 2080. The third kappa shape index (κ3) is 5.15. The van der Waals surface area contributed by atoms with Gasteiger partial charge in [0.25, 0.3) is 16.4 Å². The predicted molar refractivity (Wildman–Crippen MR) is 146 cm³/mol. The van der Waals surface area contributed by atoms with Gasteiger partial charge in [-0.2, -0.15) is 0 Å². The molecule has 0 aliphatic carbocycles. The molecule has 0 aliphatic rings. The first-order chi connectivity index (χ1) is 20.5. The van der Waals surface area contributed by atoms with E-state index < -0.39 is 40.2 Å². The number of halogens is 1. The Morgan fingerprint density at radius 3 is 1.47 bits per heavy atom. The first-order valence-corrected chi connectivity index (χ1v) is 12.2. The zero-order chi connectivity index (χ0) is 31.0. The molecular weight excluding hydrogens is 596 g/mol. The number of aromatic nitrogens is 2. The average Bonchev–Trinajstić information content (AvgIpc) is 2.97. The van der Waals surface area contributed by atoms with E-state index in [4.69, 9.17) is 29.9 Å². The molecule has 3 aromatic carbocycles. The van der Waals surface area contributed by atoms with E-state index in [0.717, 1.165) is 32.4 Å². The lowest BCUT2D eigenvalue weighted by Crippen LogP contribution is -2.33. The van der Waals surface area contributed by atoms with Crippen molar-refractivity contribution in [3.63, 3.8) is 0 Å². The van der Waals surface area contributed by atoms with Crippen LogP contribution in [0.25, 0.3) is 33.3 Å². The van der Waals surface area contributed by atoms with Crippen molar-refractivity contribution in [2.75, 3.05) is 14.2 Å². The van der Waals surface area contributed by atoms with E-state index in [-0.39, 0.29) is 50.4 Å². The van der Waals surface area contributed by atoms with E-state index in [2.05, 4.69) is 9.47 Å². The molecule has 0 bridgehead atoms. The van der Waals surface area contributed by atoms with Crippen molar-refractivity contribution in [3.8, 4) is 22.9 Å². The molecule has 2 aromatic heterocycles. The van der Waals surface area contributed by atoms with Gasteiger partial charge in [0.1, 0.15) is 0 Å². The second kappa shape index (κ2) is 11.1. The Morgan fingerprint density at radius 1 is 0.674 bits per heavy atom. The molecule has 16 heteroatoms. The topological polar surface area (TPSA) is 193 Å². The molecule has 0 saturated heterocycles. The van der Waals surface area contributed by atoms with E-state index in [9.17, 15) is 33.6 Å². The van der Waals surface area contributed by atoms with E-state index in [1.54, 1.807) is 0 Å². The Kier molecular flexibility index (Phi) is 7.40. The van der Waals surface area contributed by atoms with Crippen molar-refractivity contribution >= 4 is 51.1 Å². The van der Waals surface area contributed by atoms with Crippen molar-refractivity contribution in [1.29, 1.82) is 0 Å². The van der Waals surface area contributed by atoms with Gasteiger partial charge in [0, 0.05) is 5.56 Å². The van der Waals surface area contributed by atoms with Crippen molar-refractivity contribution in [2.45, 2.75) is 0 Å². The van der Waals surface area contributed by atoms with E-state index in [1.807, 2.05) is 0 Å². The lowest BCUT2D eigenvalue weighted by molar-refractivity contribution is 0.108. The number of hydrogen-bond acceptors (Lipinski definition) is 13. The summed E-state index contributed by atoms with van der Waals surface area (Å²) in [5.41, 5.74) is -3.67. The Balaban J connectivity index is 1.76. The van der Waals surface area contributed by atoms with Gasteiger partial charge in [-0.05, 0) is 54.1 Å². The summed E-state index contributed by atoms with van der Waals surface area (Å²) >= 11 is 5.70. The summed E-state index contributed by atoms with van der Waals surface area (Å²) in [7, 11) is 2.10. The SMILES string of the molecule is COC(=O)Oc1cccc2c(=O)n(-c3cc(C(=O)Cl)cc(-n4c(=O)oc5c(OC(=O)OC)cccc5c4=O)c3)c(=O)oc12. The van der Waals surface area contributed by atoms with Crippen LogP contribution in [0.1, 0.15) is 10.4 Å². The highest BCUT2D eigenvalue weighted by atomic mass is 35.5. The van der Waals surface area contributed by atoms with Crippen LogP contribution in [0.2, 0.25) is 0 Å². The Hall–Kier alpha value is -5.96. The second-order valence-corrected chi connectivity index (χ2v) is 8.75. The highest BCUT2D eigenvalue weighted by Crippen LogP contribution is 2.25. The summed E-state index contributed by atoms with van der Waals surface area (Å²) in [5, 5.41) is -1.50. The van der Waals surface area contributed by atoms with Gasteiger partial charge in [-0.25, -0.2) is 28.3 Å². The highest BCUT2D eigenvalue weighted by molar-refractivity contribution is 6.67. The number of ether oxygens (including phenoxy) is 4. The van der Waals surface area contributed by atoms with Crippen molar-refractivity contribution in [2.24, 2.45) is 0 Å². The molecule has 0 unspecified atom stereocenters. The average molecular weight is 611 g/mol. The summed E-state index contributed by atoms with van der Waals surface area (Å²) in [6, 6.07) is 10.9. The fourth-order valence-electron chi connectivity index (χ4n) is 4.09. The Labute approximate surface area is 241 Å². The summed E-state index contributed by atoms with van der Waals surface area (Å²) in [4.78, 5) is 88.4. The lowest BCUT2D eigenvalue weighted by Gasteiger charge is -2.12. The number of nitrogens with zero attached hydrogens (tertiary/aromatic N) is 2. The van der Waals surface area contributed by atoms with Crippen LogP contribution in [-0.4, -0.2) is 40.9 Å². The van der Waals surface area contributed by atoms with Crippen molar-refractivity contribution in [3.05, 3.63) is 102 Å². The van der Waals surface area contributed by atoms with Gasteiger partial charge < -0.3 is 27.8 Å². The normalized spacial score (nSPS) is 10.9. The third-order valence-electron chi connectivity index (χ3n) is 5.93. The number of carbonyl (C=O) groups excluding carboxylic acids is 3. The predicted octanol–water partition coefficient (Wildman–Crippen LogP) is 2.87. The molecule has 0 aliphatic heterocycles. The standard InChI is InChI=1S/C27H15ClN2O13/c1-38-26(36)40-17-7-3-5-15-19(17)42-24(34)29(22(15)32)13-9-12(21(28)31)10-14(11-13)30-23(33)16-6-4-8-18(41-27(37)39-2)20(16)43-25(30)35/h3-11H,1-2H3. The molecule has 2 heterocycles. The van der Waals surface area contributed by atoms with E-state index in [1.165, 1.54) is 36.4 Å². The number of para-hydroxylation sites is 2. The summed E-state index contributed by atoms with van der Waals surface area (Å²) in [6.45, 7) is 0.